The van der Waals surface area contributed by atoms with Crippen LogP contribution in [0.25, 0.3) is 0 Å². The Bertz CT molecular complexity index is 217. The van der Waals surface area contributed by atoms with E-state index in [1.807, 2.05) is 18.7 Å². The van der Waals surface area contributed by atoms with Crippen molar-refractivity contribution in [3.8, 4) is 0 Å². The number of carboxylic acid groups (broad SMARTS) is 1. The number of hydrogen-bond donors (Lipinski definition) is 2. The maximum absolute atomic E-state index is 10.7. The molecule has 0 saturated carbocycles. The van der Waals surface area contributed by atoms with Crippen molar-refractivity contribution in [2.45, 2.75) is 33.2 Å². The molecule has 0 aliphatic rings. The monoisotopic (exact) mass is 231 g/mol. The van der Waals surface area contributed by atoms with Crippen molar-refractivity contribution >= 4 is 17.7 Å². The van der Waals surface area contributed by atoms with Crippen LogP contribution in [0.1, 0.15) is 27.2 Å². The van der Waals surface area contributed by atoms with E-state index in [4.69, 9.17) is 5.11 Å². The Balaban J connectivity index is 3.79. The number of carbonyl (C=O) groups is 1. The maximum Gasteiger partial charge on any atom is 0.331 e. The summed E-state index contributed by atoms with van der Waals surface area (Å²) in [6.45, 7) is 6.75. The minimum atomic E-state index is -0.810. The molecule has 0 saturated heterocycles. The van der Waals surface area contributed by atoms with Crippen LogP contribution < -0.4 is 5.32 Å². The summed E-state index contributed by atoms with van der Waals surface area (Å²) in [6.07, 6.45) is 2.34. The van der Waals surface area contributed by atoms with E-state index >= 15 is 0 Å². The zero-order valence-electron chi connectivity index (χ0n) is 9.75. The molecule has 0 rings (SSSR count). The van der Waals surface area contributed by atoms with Crippen LogP contribution in [0.5, 0.6) is 0 Å². The van der Waals surface area contributed by atoms with Crippen LogP contribution in [0.15, 0.2) is 11.6 Å². The number of hydrogen-bond acceptors (Lipinski definition) is 3. The fourth-order valence-electron chi connectivity index (χ4n) is 1.12. The molecule has 0 aromatic carbocycles. The first-order valence-corrected chi connectivity index (χ1v) is 6.50. The fourth-order valence-corrected chi connectivity index (χ4v) is 1.83. The Hall–Kier alpha value is -0.480. The first-order valence-electron chi connectivity index (χ1n) is 5.35. The SMILES string of the molecule is CCSCC(C)NC/C=C(/CC)C(=O)O. The smallest absolute Gasteiger partial charge is 0.331 e. The Morgan fingerprint density at radius 3 is 2.67 bits per heavy atom. The summed E-state index contributed by atoms with van der Waals surface area (Å²) in [5, 5.41) is 12.1. The van der Waals surface area contributed by atoms with Crippen LogP contribution >= 0.6 is 11.8 Å². The van der Waals surface area contributed by atoms with Crippen LogP contribution in [0.3, 0.4) is 0 Å². The standard InChI is InChI=1S/C11H21NO2S/c1-4-10(11(13)14)6-7-12-9(3)8-15-5-2/h6,9,12H,4-5,7-8H2,1-3H3,(H,13,14)/b10-6-. The third kappa shape index (κ3) is 7.45. The van der Waals surface area contributed by atoms with E-state index in [1.54, 1.807) is 6.08 Å². The lowest BCUT2D eigenvalue weighted by atomic mass is 10.2. The topological polar surface area (TPSA) is 49.3 Å². The summed E-state index contributed by atoms with van der Waals surface area (Å²) in [6, 6.07) is 0.429. The van der Waals surface area contributed by atoms with Crippen LogP contribution in [0.2, 0.25) is 0 Å². The third-order valence-electron chi connectivity index (χ3n) is 2.04. The summed E-state index contributed by atoms with van der Waals surface area (Å²) < 4.78 is 0. The van der Waals surface area contributed by atoms with E-state index in [9.17, 15) is 4.79 Å². The van der Waals surface area contributed by atoms with E-state index < -0.39 is 5.97 Å². The average Bonchev–Trinajstić information content (AvgIpc) is 2.20. The largest absolute Gasteiger partial charge is 0.478 e. The van der Waals surface area contributed by atoms with Gasteiger partial charge in [-0.25, -0.2) is 4.79 Å². The molecule has 0 heterocycles. The van der Waals surface area contributed by atoms with Gasteiger partial charge >= 0.3 is 5.97 Å². The molecule has 4 heteroatoms. The minimum Gasteiger partial charge on any atom is -0.478 e. The van der Waals surface area contributed by atoms with Gasteiger partial charge in [0.1, 0.15) is 0 Å². The predicted octanol–water partition coefficient (Wildman–Crippen LogP) is 2.14. The van der Waals surface area contributed by atoms with Crippen molar-refractivity contribution < 1.29 is 9.90 Å². The first kappa shape index (κ1) is 14.5. The Kier molecular flexibility index (Phi) is 8.52. The summed E-state index contributed by atoms with van der Waals surface area (Å²) in [7, 11) is 0. The second kappa shape index (κ2) is 8.80. The Morgan fingerprint density at radius 1 is 1.53 bits per heavy atom. The summed E-state index contributed by atoms with van der Waals surface area (Å²) in [4.78, 5) is 10.7. The normalized spacial score (nSPS) is 13.9. The van der Waals surface area contributed by atoms with Gasteiger partial charge in [-0.15, -0.1) is 0 Å². The molecule has 88 valence electrons. The maximum atomic E-state index is 10.7. The molecule has 1 atom stereocenters. The van der Waals surface area contributed by atoms with Gasteiger partial charge in [-0.1, -0.05) is 19.9 Å². The third-order valence-corrected chi connectivity index (χ3v) is 3.19. The predicted molar refractivity (Wildman–Crippen MR) is 66.5 cm³/mol. The van der Waals surface area contributed by atoms with Crippen molar-refractivity contribution in [2.24, 2.45) is 0 Å². The highest BCUT2D eigenvalue weighted by atomic mass is 32.2. The molecule has 1 unspecified atom stereocenters. The van der Waals surface area contributed by atoms with Gasteiger partial charge in [0, 0.05) is 23.9 Å². The highest BCUT2D eigenvalue weighted by molar-refractivity contribution is 7.99. The molecular weight excluding hydrogens is 210 g/mol. The van der Waals surface area contributed by atoms with Crippen molar-refractivity contribution in [3.05, 3.63) is 11.6 Å². The molecule has 2 N–H and O–H groups in total. The molecule has 3 nitrogen and oxygen atoms in total. The van der Waals surface area contributed by atoms with Gasteiger partial charge < -0.3 is 10.4 Å². The Labute approximate surface area is 96.3 Å². The van der Waals surface area contributed by atoms with Crippen molar-refractivity contribution in [1.29, 1.82) is 0 Å². The number of aliphatic carboxylic acids is 1. The minimum absolute atomic E-state index is 0.429. The van der Waals surface area contributed by atoms with Gasteiger partial charge in [0.2, 0.25) is 0 Å². The quantitative estimate of drug-likeness (QED) is 0.628. The zero-order valence-corrected chi connectivity index (χ0v) is 10.6. The molecule has 0 aromatic heterocycles. The molecule has 0 aromatic rings. The van der Waals surface area contributed by atoms with Crippen LogP contribution in [0.4, 0.5) is 0 Å². The van der Waals surface area contributed by atoms with Crippen molar-refractivity contribution in [2.75, 3.05) is 18.1 Å². The lowest BCUT2D eigenvalue weighted by Crippen LogP contribution is -2.28. The second-order valence-electron chi connectivity index (χ2n) is 3.36. The molecule has 0 aliphatic carbocycles. The van der Waals surface area contributed by atoms with E-state index in [-0.39, 0.29) is 0 Å². The molecule has 0 amide bonds. The summed E-state index contributed by atoms with van der Waals surface area (Å²) in [5.74, 6) is 1.38. The van der Waals surface area contributed by atoms with Crippen molar-refractivity contribution in [1.82, 2.24) is 5.32 Å². The summed E-state index contributed by atoms with van der Waals surface area (Å²) in [5.41, 5.74) is 0.484. The van der Waals surface area contributed by atoms with E-state index in [0.717, 1.165) is 11.5 Å². The summed E-state index contributed by atoms with van der Waals surface area (Å²) >= 11 is 1.89. The molecule has 0 spiro atoms. The lowest BCUT2D eigenvalue weighted by Gasteiger charge is -2.11. The number of thioether (sulfide) groups is 1. The van der Waals surface area contributed by atoms with Gasteiger partial charge in [0.15, 0.2) is 0 Å². The molecular formula is C11H21NO2S. The molecule has 0 radical (unpaired) electrons. The Morgan fingerprint density at radius 2 is 2.20 bits per heavy atom. The second-order valence-corrected chi connectivity index (χ2v) is 4.68. The fraction of sp³-hybridized carbons (Fsp3) is 0.727. The lowest BCUT2D eigenvalue weighted by molar-refractivity contribution is -0.132. The van der Waals surface area contributed by atoms with E-state index in [1.165, 1.54) is 0 Å². The highest BCUT2D eigenvalue weighted by Gasteiger charge is 2.04. The molecule has 15 heavy (non-hydrogen) atoms. The number of carboxylic acids is 1. The van der Waals surface area contributed by atoms with Gasteiger partial charge in [0.25, 0.3) is 0 Å². The van der Waals surface area contributed by atoms with E-state index in [2.05, 4.69) is 19.2 Å². The van der Waals surface area contributed by atoms with Crippen LogP contribution in [0, 0.1) is 0 Å². The number of rotatable bonds is 8. The first-order chi connectivity index (χ1) is 7.11. The van der Waals surface area contributed by atoms with Crippen LogP contribution in [-0.2, 0) is 4.79 Å². The highest BCUT2D eigenvalue weighted by Crippen LogP contribution is 2.02. The van der Waals surface area contributed by atoms with Gasteiger partial charge in [-0.2, -0.15) is 11.8 Å². The van der Waals surface area contributed by atoms with Crippen LogP contribution in [-0.4, -0.2) is 35.2 Å². The molecule has 0 bridgehead atoms. The molecule has 0 aliphatic heterocycles. The molecule has 0 fully saturated rings. The number of nitrogens with one attached hydrogen (secondary N) is 1. The van der Waals surface area contributed by atoms with Crippen molar-refractivity contribution in [3.63, 3.8) is 0 Å². The van der Waals surface area contributed by atoms with Gasteiger partial charge in [0.05, 0.1) is 0 Å². The zero-order chi connectivity index (χ0) is 11.7. The average molecular weight is 231 g/mol. The van der Waals surface area contributed by atoms with E-state index in [0.29, 0.717) is 24.6 Å². The van der Waals surface area contributed by atoms with Gasteiger partial charge in [-0.05, 0) is 19.1 Å². The van der Waals surface area contributed by atoms with Gasteiger partial charge in [-0.3, -0.25) is 0 Å².